The van der Waals surface area contributed by atoms with Crippen molar-refractivity contribution in [2.45, 2.75) is 26.3 Å². The SMILES string of the molecule is CC(C)N1CCC(CNC(=O)c2ccc(N)c(F)c2)C1. The fraction of sp³-hybridized carbons (Fsp3) is 0.533. The van der Waals surface area contributed by atoms with Crippen LogP contribution in [0.4, 0.5) is 10.1 Å². The van der Waals surface area contributed by atoms with E-state index in [0.717, 1.165) is 19.5 Å². The number of anilines is 1. The van der Waals surface area contributed by atoms with Crippen molar-refractivity contribution in [3.63, 3.8) is 0 Å². The van der Waals surface area contributed by atoms with Crippen LogP contribution in [0.25, 0.3) is 0 Å². The maximum atomic E-state index is 13.3. The molecule has 1 aliphatic rings. The Morgan fingerprint density at radius 3 is 2.90 bits per heavy atom. The molecule has 1 atom stereocenters. The average Bonchev–Trinajstić information content (AvgIpc) is 2.88. The summed E-state index contributed by atoms with van der Waals surface area (Å²) in [6, 6.07) is 4.69. The molecule has 0 aromatic heterocycles. The number of carbonyl (C=O) groups is 1. The van der Waals surface area contributed by atoms with E-state index in [-0.39, 0.29) is 11.6 Å². The Labute approximate surface area is 119 Å². The van der Waals surface area contributed by atoms with E-state index >= 15 is 0 Å². The van der Waals surface area contributed by atoms with Crippen LogP contribution in [0.2, 0.25) is 0 Å². The van der Waals surface area contributed by atoms with Gasteiger partial charge >= 0.3 is 0 Å². The van der Waals surface area contributed by atoms with E-state index in [1.807, 2.05) is 0 Å². The zero-order valence-corrected chi connectivity index (χ0v) is 12.0. The second-order valence-corrected chi connectivity index (χ2v) is 5.69. The number of nitrogens with two attached hydrogens (primary N) is 1. The van der Waals surface area contributed by atoms with Gasteiger partial charge in [0.05, 0.1) is 5.69 Å². The minimum atomic E-state index is -0.551. The van der Waals surface area contributed by atoms with E-state index in [9.17, 15) is 9.18 Å². The topological polar surface area (TPSA) is 58.4 Å². The number of nitrogens with zero attached hydrogens (tertiary/aromatic N) is 1. The Kier molecular flexibility index (Phi) is 4.60. The molecular formula is C15H22FN3O. The molecule has 0 radical (unpaired) electrons. The fourth-order valence-electron chi connectivity index (χ4n) is 2.51. The van der Waals surface area contributed by atoms with Gasteiger partial charge in [0.15, 0.2) is 0 Å². The largest absolute Gasteiger partial charge is 0.396 e. The van der Waals surface area contributed by atoms with Gasteiger partial charge in [-0.15, -0.1) is 0 Å². The average molecular weight is 279 g/mol. The van der Waals surface area contributed by atoms with Crippen molar-refractivity contribution in [3.05, 3.63) is 29.6 Å². The first-order valence-electron chi connectivity index (χ1n) is 7.04. The molecule has 0 aliphatic carbocycles. The minimum Gasteiger partial charge on any atom is -0.396 e. The normalized spacial score (nSPS) is 19.5. The van der Waals surface area contributed by atoms with E-state index < -0.39 is 5.82 Å². The quantitative estimate of drug-likeness (QED) is 0.827. The van der Waals surface area contributed by atoms with Gasteiger partial charge in [0.1, 0.15) is 5.82 Å². The van der Waals surface area contributed by atoms with Crippen molar-refractivity contribution in [2.75, 3.05) is 25.4 Å². The highest BCUT2D eigenvalue weighted by atomic mass is 19.1. The number of halogens is 1. The summed E-state index contributed by atoms with van der Waals surface area (Å²) in [5.41, 5.74) is 5.77. The molecule has 4 nitrogen and oxygen atoms in total. The van der Waals surface area contributed by atoms with Crippen LogP contribution in [0.3, 0.4) is 0 Å². The smallest absolute Gasteiger partial charge is 0.251 e. The molecule has 5 heteroatoms. The number of hydrogen-bond donors (Lipinski definition) is 2. The molecule has 1 amide bonds. The molecule has 0 saturated carbocycles. The molecule has 1 saturated heterocycles. The Balaban J connectivity index is 1.85. The van der Waals surface area contributed by atoms with Crippen LogP contribution in [-0.2, 0) is 0 Å². The van der Waals surface area contributed by atoms with E-state index in [1.54, 1.807) is 6.07 Å². The van der Waals surface area contributed by atoms with Crippen LogP contribution < -0.4 is 11.1 Å². The third kappa shape index (κ3) is 3.48. The molecule has 1 unspecified atom stereocenters. The monoisotopic (exact) mass is 279 g/mol. The van der Waals surface area contributed by atoms with Crippen molar-refractivity contribution in [3.8, 4) is 0 Å². The van der Waals surface area contributed by atoms with Gasteiger partial charge in [0.25, 0.3) is 5.91 Å². The molecule has 0 bridgehead atoms. The summed E-state index contributed by atoms with van der Waals surface area (Å²) in [6.45, 7) is 7.08. The second-order valence-electron chi connectivity index (χ2n) is 5.69. The maximum absolute atomic E-state index is 13.3. The first kappa shape index (κ1) is 14.8. The summed E-state index contributed by atoms with van der Waals surface area (Å²) >= 11 is 0. The van der Waals surface area contributed by atoms with Crippen molar-refractivity contribution in [1.29, 1.82) is 0 Å². The first-order valence-corrected chi connectivity index (χ1v) is 7.04. The Bertz CT molecular complexity index is 490. The summed E-state index contributed by atoms with van der Waals surface area (Å²) in [7, 11) is 0. The molecule has 20 heavy (non-hydrogen) atoms. The van der Waals surface area contributed by atoms with E-state index in [2.05, 4.69) is 24.1 Å². The number of nitrogen functional groups attached to an aromatic ring is 1. The number of nitrogens with one attached hydrogen (secondary N) is 1. The van der Waals surface area contributed by atoms with Gasteiger partial charge < -0.3 is 16.0 Å². The highest BCUT2D eigenvalue weighted by Gasteiger charge is 2.24. The molecule has 1 aromatic carbocycles. The number of benzene rings is 1. The summed E-state index contributed by atoms with van der Waals surface area (Å²) < 4.78 is 13.3. The van der Waals surface area contributed by atoms with Crippen LogP contribution in [0, 0.1) is 11.7 Å². The number of hydrogen-bond acceptors (Lipinski definition) is 3. The van der Waals surface area contributed by atoms with Gasteiger partial charge in [-0.2, -0.15) is 0 Å². The molecule has 110 valence electrons. The standard InChI is InChI=1S/C15H22FN3O/c1-10(2)19-6-5-11(9-19)8-18-15(20)12-3-4-14(17)13(16)7-12/h3-4,7,10-11H,5-6,8-9,17H2,1-2H3,(H,18,20). The molecule has 1 aliphatic heterocycles. The zero-order valence-electron chi connectivity index (χ0n) is 12.0. The van der Waals surface area contributed by atoms with Gasteiger partial charge in [-0.25, -0.2) is 4.39 Å². The van der Waals surface area contributed by atoms with Crippen molar-refractivity contribution in [1.82, 2.24) is 10.2 Å². The summed E-state index contributed by atoms with van der Waals surface area (Å²) in [6.07, 6.45) is 1.09. The zero-order chi connectivity index (χ0) is 14.7. The van der Waals surface area contributed by atoms with Crippen LogP contribution >= 0.6 is 0 Å². The van der Waals surface area contributed by atoms with Gasteiger partial charge in [-0.05, 0) is 50.9 Å². The van der Waals surface area contributed by atoms with Crippen LogP contribution in [-0.4, -0.2) is 36.5 Å². The predicted octanol–water partition coefficient (Wildman–Crippen LogP) is 1.87. The minimum absolute atomic E-state index is 0.0601. The Morgan fingerprint density at radius 2 is 2.30 bits per heavy atom. The molecule has 1 aromatic rings. The Hall–Kier alpha value is -1.62. The van der Waals surface area contributed by atoms with Crippen LogP contribution in [0.5, 0.6) is 0 Å². The summed E-state index contributed by atoms with van der Waals surface area (Å²) in [5.74, 6) is -0.323. The van der Waals surface area contributed by atoms with E-state index in [4.69, 9.17) is 5.73 Å². The fourth-order valence-corrected chi connectivity index (χ4v) is 2.51. The number of carbonyl (C=O) groups excluding carboxylic acids is 1. The Morgan fingerprint density at radius 1 is 1.55 bits per heavy atom. The third-order valence-corrected chi connectivity index (χ3v) is 3.86. The highest BCUT2D eigenvalue weighted by molar-refractivity contribution is 5.94. The molecule has 2 rings (SSSR count). The molecule has 3 N–H and O–H groups in total. The summed E-state index contributed by atoms with van der Waals surface area (Å²) in [4.78, 5) is 14.4. The number of amides is 1. The summed E-state index contributed by atoms with van der Waals surface area (Å²) in [5, 5.41) is 2.87. The lowest BCUT2D eigenvalue weighted by Crippen LogP contribution is -2.33. The molecule has 1 fully saturated rings. The van der Waals surface area contributed by atoms with Gasteiger partial charge in [-0.3, -0.25) is 4.79 Å². The number of likely N-dealkylation sites (tertiary alicyclic amines) is 1. The van der Waals surface area contributed by atoms with Gasteiger partial charge in [-0.1, -0.05) is 0 Å². The predicted molar refractivity (Wildman–Crippen MR) is 78.0 cm³/mol. The lowest BCUT2D eigenvalue weighted by molar-refractivity contribution is 0.0946. The van der Waals surface area contributed by atoms with Crippen LogP contribution in [0.15, 0.2) is 18.2 Å². The van der Waals surface area contributed by atoms with Gasteiger partial charge in [0.2, 0.25) is 0 Å². The van der Waals surface area contributed by atoms with E-state index in [1.165, 1.54) is 12.1 Å². The van der Waals surface area contributed by atoms with Crippen molar-refractivity contribution in [2.24, 2.45) is 5.92 Å². The van der Waals surface area contributed by atoms with Crippen molar-refractivity contribution >= 4 is 11.6 Å². The lowest BCUT2D eigenvalue weighted by Gasteiger charge is -2.20. The second kappa shape index (κ2) is 6.22. The van der Waals surface area contributed by atoms with E-state index in [0.29, 0.717) is 24.1 Å². The molecular weight excluding hydrogens is 257 g/mol. The molecule has 0 spiro atoms. The lowest BCUT2D eigenvalue weighted by atomic mass is 10.1. The first-order chi connectivity index (χ1) is 9.47. The van der Waals surface area contributed by atoms with Crippen LogP contribution in [0.1, 0.15) is 30.6 Å². The highest BCUT2D eigenvalue weighted by Crippen LogP contribution is 2.18. The van der Waals surface area contributed by atoms with Crippen molar-refractivity contribution < 1.29 is 9.18 Å². The van der Waals surface area contributed by atoms with Gasteiger partial charge in [0, 0.05) is 24.7 Å². The third-order valence-electron chi connectivity index (χ3n) is 3.86. The molecule has 1 heterocycles. The maximum Gasteiger partial charge on any atom is 0.251 e. The number of rotatable bonds is 4.